The van der Waals surface area contributed by atoms with Gasteiger partial charge in [0.25, 0.3) is 0 Å². The highest BCUT2D eigenvalue weighted by Gasteiger charge is 2.63. The van der Waals surface area contributed by atoms with Crippen LogP contribution in [0, 0.1) is 28.6 Å². The van der Waals surface area contributed by atoms with E-state index in [2.05, 4.69) is 19.9 Å². The van der Waals surface area contributed by atoms with Crippen molar-refractivity contribution >= 4 is 0 Å². The van der Waals surface area contributed by atoms with Gasteiger partial charge in [0.05, 0.1) is 12.2 Å². The average molecular weight is 334 g/mol. The van der Waals surface area contributed by atoms with E-state index >= 15 is 0 Å². The first-order valence-corrected chi connectivity index (χ1v) is 10.1. The summed E-state index contributed by atoms with van der Waals surface area (Å²) >= 11 is 0. The molecule has 0 bridgehead atoms. The molecule has 0 unspecified atom stereocenters. The molecule has 3 heteroatoms. The molecular formula is C21H35NO2. The van der Waals surface area contributed by atoms with E-state index in [-0.39, 0.29) is 16.9 Å². The van der Waals surface area contributed by atoms with E-state index in [1.807, 2.05) is 6.92 Å². The highest BCUT2D eigenvalue weighted by molar-refractivity contribution is 5.26. The topological polar surface area (TPSA) is 66.5 Å². The molecule has 24 heavy (non-hydrogen) atoms. The minimum Gasteiger partial charge on any atom is -0.393 e. The van der Waals surface area contributed by atoms with Gasteiger partial charge in [0, 0.05) is 5.54 Å². The lowest BCUT2D eigenvalue weighted by molar-refractivity contribution is -0.0778. The second kappa shape index (κ2) is 5.31. The molecule has 0 aliphatic heterocycles. The molecule has 3 saturated carbocycles. The zero-order chi connectivity index (χ0) is 17.3. The van der Waals surface area contributed by atoms with Crippen molar-refractivity contribution in [2.75, 3.05) is 0 Å². The van der Waals surface area contributed by atoms with E-state index in [9.17, 15) is 10.2 Å². The molecule has 4 N–H and O–H groups in total. The van der Waals surface area contributed by atoms with Gasteiger partial charge in [0.1, 0.15) is 0 Å². The summed E-state index contributed by atoms with van der Waals surface area (Å²) in [5.74, 6) is 2.08. The van der Waals surface area contributed by atoms with Crippen LogP contribution in [0.4, 0.5) is 0 Å². The third kappa shape index (κ3) is 2.01. The maximum Gasteiger partial charge on any atom is 0.0697 e. The van der Waals surface area contributed by atoms with Crippen LogP contribution >= 0.6 is 0 Å². The molecule has 0 amide bonds. The first-order valence-electron chi connectivity index (χ1n) is 10.1. The normalized spacial score (nSPS) is 55.2. The van der Waals surface area contributed by atoms with Crippen LogP contribution in [-0.2, 0) is 0 Å². The van der Waals surface area contributed by atoms with Crippen LogP contribution in [0.5, 0.6) is 0 Å². The largest absolute Gasteiger partial charge is 0.393 e. The van der Waals surface area contributed by atoms with Crippen LogP contribution in [0.3, 0.4) is 0 Å². The third-order valence-corrected chi connectivity index (χ3v) is 9.15. The summed E-state index contributed by atoms with van der Waals surface area (Å²) in [7, 11) is 0. The number of aliphatic hydroxyl groups excluding tert-OH is 2. The summed E-state index contributed by atoms with van der Waals surface area (Å²) in [6.45, 7) is 6.71. The average Bonchev–Trinajstić information content (AvgIpc) is 2.81. The summed E-state index contributed by atoms with van der Waals surface area (Å²) < 4.78 is 0. The smallest absolute Gasteiger partial charge is 0.0697 e. The lowest BCUT2D eigenvalue weighted by atomic mass is 9.46. The van der Waals surface area contributed by atoms with Gasteiger partial charge in [-0.2, -0.15) is 0 Å². The van der Waals surface area contributed by atoms with Crippen molar-refractivity contribution in [3.8, 4) is 0 Å². The molecule has 136 valence electrons. The van der Waals surface area contributed by atoms with E-state index in [0.717, 1.165) is 44.4 Å². The standard InChI is InChI=1S/C21H35NO2/c1-13(23)21(22)11-8-18-16-5-4-14-12-15(24)6-9-19(14,2)17(16)7-10-20(18,21)3/h4,13,15-18,23-24H,5-12,22H2,1-3H3/t13-,15+,16+,17-,18-,19+,20-,21-/m1/s1. The minimum atomic E-state index is -0.431. The van der Waals surface area contributed by atoms with Crippen LogP contribution in [0.15, 0.2) is 11.6 Å². The summed E-state index contributed by atoms with van der Waals surface area (Å²) in [4.78, 5) is 0. The Kier molecular flexibility index (Phi) is 3.77. The first-order chi connectivity index (χ1) is 11.2. The zero-order valence-corrected chi connectivity index (χ0v) is 15.6. The van der Waals surface area contributed by atoms with Gasteiger partial charge >= 0.3 is 0 Å². The number of rotatable bonds is 1. The van der Waals surface area contributed by atoms with E-state index in [1.165, 1.54) is 18.4 Å². The molecule has 0 radical (unpaired) electrons. The number of hydrogen-bond donors (Lipinski definition) is 3. The van der Waals surface area contributed by atoms with Crippen LogP contribution < -0.4 is 5.73 Å². The lowest BCUT2D eigenvalue weighted by Crippen LogP contribution is -2.62. The predicted octanol–water partition coefficient (Wildman–Crippen LogP) is 3.39. The van der Waals surface area contributed by atoms with Gasteiger partial charge in [-0.1, -0.05) is 25.5 Å². The van der Waals surface area contributed by atoms with Gasteiger partial charge in [-0.05, 0) is 86.9 Å². The van der Waals surface area contributed by atoms with Crippen molar-refractivity contribution in [1.29, 1.82) is 0 Å². The molecule has 8 atom stereocenters. The Balaban J connectivity index is 1.68. The van der Waals surface area contributed by atoms with Crippen LogP contribution in [0.25, 0.3) is 0 Å². The van der Waals surface area contributed by atoms with Crippen molar-refractivity contribution in [2.24, 2.45) is 34.3 Å². The predicted molar refractivity (Wildman–Crippen MR) is 96.3 cm³/mol. The lowest BCUT2D eigenvalue weighted by Gasteiger charge is -2.59. The Morgan fingerprint density at radius 2 is 1.83 bits per heavy atom. The third-order valence-electron chi connectivity index (χ3n) is 9.15. The first kappa shape index (κ1) is 17.1. The van der Waals surface area contributed by atoms with Crippen LogP contribution in [0.1, 0.15) is 72.1 Å². The van der Waals surface area contributed by atoms with Gasteiger partial charge < -0.3 is 15.9 Å². The van der Waals surface area contributed by atoms with E-state index in [0.29, 0.717) is 11.8 Å². The molecule has 0 saturated heterocycles. The van der Waals surface area contributed by atoms with Gasteiger partial charge in [-0.15, -0.1) is 0 Å². The van der Waals surface area contributed by atoms with Crippen LogP contribution in [-0.4, -0.2) is 28.0 Å². The Hall–Kier alpha value is -0.380. The Bertz CT molecular complexity index is 558. The maximum atomic E-state index is 10.4. The summed E-state index contributed by atoms with van der Waals surface area (Å²) in [6.07, 6.45) is 10.5. The Morgan fingerprint density at radius 1 is 1.12 bits per heavy atom. The van der Waals surface area contributed by atoms with Crippen LogP contribution in [0.2, 0.25) is 0 Å². The number of nitrogens with two attached hydrogens (primary N) is 1. The molecular weight excluding hydrogens is 298 g/mol. The number of fused-ring (bicyclic) bond motifs is 5. The SMILES string of the molecule is C[C@@H](O)[C@]1(N)CC[C@@H]2[C@H]3CC=C4C[C@@H](O)CC[C@]4(C)[C@@H]3CC[C@]21C. The van der Waals surface area contributed by atoms with Crippen molar-refractivity contribution in [3.63, 3.8) is 0 Å². The van der Waals surface area contributed by atoms with E-state index < -0.39 is 11.6 Å². The van der Waals surface area contributed by atoms with Gasteiger partial charge in [0.15, 0.2) is 0 Å². The fourth-order valence-electron chi connectivity index (χ4n) is 7.44. The van der Waals surface area contributed by atoms with Crippen molar-refractivity contribution in [2.45, 2.75) is 89.9 Å². The second-order valence-corrected chi connectivity index (χ2v) is 9.87. The summed E-state index contributed by atoms with van der Waals surface area (Å²) in [5.41, 5.74) is 8.26. The molecule has 4 rings (SSSR count). The number of allylic oxidation sites excluding steroid dienone is 1. The number of aliphatic hydroxyl groups is 2. The van der Waals surface area contributed by atoms with Gasteiger partial charge in [-0.3, -0.25) is 0 Å². The molecule has 0 aromatic carbocycles. The fourth-order valence-corrected chi connectivity index (χ4v) is 7.44. The molecule has 0 heterocycles. The molecule has 3 nitrogen and oxygen atoms in total. The Labute approximate surface area is 146 Å². The quantitative estimate of drug-likeness (QED) is 0.644. The van der Waals surface area contributed by atoms with Gasteiger partial charge in [0.2, 0.25) is 0 Å². The molecule has 4 aliphatic rings. The minimum absolute atomic E-state index is 0.0677. The highest BCUT2D eigenvalue weighted by Crippen LogP contribution is 2.67. The molecule has 0 aromatic rings. The van der Waals surface area contributed by atoms with E-state index in [4.69, 9.17) is 5.73 Å². The van der Waals surface area contributed by atoms with Crippen molar-refractivity contribution in [1.82, 2.24) is 0 Å². The second-order valence-electron chi connectivity index (χ2n) is 9.87. The fraction of sp³-hybridized carbons (Fsp3) is 0.905. The summed E-state index contributed by atoms with van der Waals surface area (Å²) in [6, 6.07) is 0. The van der Waals surface area contributed by atoms with Crippen molar-refractivity contribution in [3.05, 3.63) is 11.6 Å². The number of hydrogen-bond acceptors (Lipinski definition) is 3. The molecule has 3 fully saturated rings. The Morgan fingerprint density at radius 3 is 2.54 bits per heavy atom. The highest BCUT2D eigenvalue weighted by atomic mass is 16.3. The zero-order valence-electron chi connectivity index (χ0n) is 15.6. The molecule has 0 spiro atoms. The maximum absolute atomic E-state index is 10.4. The van der Waals surface area contributed by atoms with E-state index in [1.54, 1.807) is 0 Å². The molecule has 0 aromatic heterocycles. The van der Waals surface area contributed by atoms with Gasteiger partial charge in [-0.25, -0.2) is 0 Å². The van der Waals surface area contributed by atoms with Crippen molar-refractivity contribution < 1.29 is 10.2 Å². The summed E-state index contributed by atoms with van der Waals surface area (Å²) in [5, 5.41) is 20.5. The molecule has 4 aliphatic carbocycles. The monoisotopic (exact) mass is 333 g/mol.